The first-order valence-electron chi connectivity index (χ1n) is 11.0. The van der Waals surface area contributed by atoms with Gasteiger partial charge in [0.05, 0.1) is 0 Å². The molecule has 0 aromatic heterocycles. The van der Waals surface area contributed by atoms with Crippen molar-refractivity contribution in [3.63, 3.8) is 0 Å². The van der Waals surface area contributed by atoms with Crippen LogP contribution in [-0.4, -0.2) is 34.9 Å². The second kappa shape index (κ2) is 12.6. The molecule has 0 unspecified atom stereocenters. The minimum absolute atomic E-state index is 0.257. The Morgan fingerprint density at radius 1 is 1.10 bits per heavy atom. The van der Waals surface area contributed by atoms with E-state index in [0.717, 1.165) is 25.7 Å². The maximum atomic E-state index is 11.9. The SMILES string of the molecule is CC(=O)O.C[C@H](N[C@@H](C)CC1CCC(NC(=O)OC(C)(C)C)CC1)c1ccccc1. The van der Waals surface area contributed by atoms with Crippen molar-refractivity contribution in [2.24, 2.45) is 5.92 Å². The molecule has 170 valence electrons. The Morgan fingerprint density at radius 2 is 1.63 bits per heavy atom. The minimum Gasteiger partial charge on any atom is -0.481 e. The van der Waals surface area contributed by atoms with Gasteiger partial charge in [-0.3, -0.25) is 4.79 Å². The third-order valence-corrected chi connectivity index (χ3v) is 5.09. The zero-order chi connectivity index (χ0) is 22.7. The zero-order valence-electron chi connectivity index (χ0n) is 19.4. The van der Waals surface area contributed by atoms with E-state index in [2.05, 4.69) is 54.8 Å². The van der Waals surface area contributed by atoms with Crippen LogP contribution in [0.3, 0.4) is 0 Å². The highest BCUT2D eigenvalue weighted by Crippen LogP contribution is 2.28. The van der Waals surface area contributed by atoms with Crippen molar-refractivity contribution in [2.45, 2.75) is 97.4 Å². The Kier molecular flexibility index (Phi) is 10.9. The zero-order valence-corrected chi connectivity index (χ0v) is 19.4. The summed E-state index contributed by atoms with van der Waals surface area (Å²) in [5.74, 6) is -0.0999. The molecule has 2 atom stereocenters. The van der Waals surface area contributed by atoms with E-state index in [0.29, 0.717) is 12.1 Å². The van der Waals surface area contributed by atoms with Crippen molar-refractivity contribution in [2.75, 3.05) is 0 Å². The van der Waals surface area contributed by atoms with Gasteiger partial charge >= 0.3 is 6.09 Å². The largest absolute Gasteiger partial charge is 0.481 e. The molecule has 0 bridgehead atoms. The van der Waals surface area contributed by atoms with Gasteiger partial charge in [0.15, 0.2) is 0 Å². The molecule has 1 amide bonds. The van der Waals surface area contributed by atoms with Gasteiger partial charge in [0.25, 0.3) is 5.97 Å². The Labute approximate surface area is 181 Å². The van der Waals surface area contributed by atoms with E-state index in [4.69, 9.17) is 14.6 Å². The molecule has 0 heterocycles. The lowest BCUT2D eigenvalue weighted by atomic mass is 9.82. The first-order chi connectivity index (χ1) is 14.0. The molecule has 0 saturated heterocycles. The molecule has 30 heavy (non-hydrogen) atoms. The fourth-order valence-corrected chi connectivity index (χ4v) is 3.85. The smallest absolute Gasteiger partial charge is 0.407 e. The summed E-state index contributed by atoms with van der Waals surface area (Å²) in [7, 11) is 0. The molecule has 1 aromatic rings. The molecular weight excluding hydrogens is 380 g/mol. The molecule has 6 nitrogen and oxygen atoms in total. The number of nitrogens with one attached hydrogen (secondary N) is 2. The Balaban J connectivity index is 0.00000103. The molecule has 1 aromatic carbocycles. The molecule has 3 N–H and O–H groups in total. The molecular formula is C24H40N2O4. The number of ether oxygens (including phenoxy) is 1. The molecule has 0 spiro atoms. The van der Waals surface area contributed by atoms with Crippen molar-refractivity contribution in [1.82, 2.24) is 10.6 Å². The molecule has 0 radical (unpaired) electrons. The molecule has 1 aliphatic rings. The van der Waals surface area contributed by atoms with Gasteiger partial charge in [-0.2, -0.15) is 0 Å². The summed E-state index contributed by atoms with van der Waals surface area (Å²) in [5.41, 5.74) is 0.905. The number of carboxylic acid groups (broad SMARTS) is 1. The lowest BCUT2D eigenvalue weighted by Crippen LogP contribution is -2.41. The standard InChI is InChI=1S/C22H36N2O2.C2H4O2/c1-16(23-17(2)19-9-7-6-8-10-19)15-18-11-13-20(14-12-18)24-21(25)26-22(3,4)5;1-2(3)4/h6-10,16-18,20,23H,11-15H2,1-5H3,(H,24,25);1H3,(H,3,4)/t16-,17-,18?,20?;/m0./s1. The van der Waals surface area contributed by atoms with E-state index >= 15 is 0 Å². The topological polar surface area (TPSA) is 87.7 Å². The molecule has 1 saturated carbocycles. The van der Waals surface area contributed by atoms with Crippen molar-refractivity contribution >= 4 is 12.1 Å². The van der Waals surface area contributed by atoms with Crippen LogP contribution < -0.4 is 10.6 Å². The number of amides is 1. The molecule has 6 heteroatoms. The fourth-order valence-electron chi connectivity index (χ4n) is 3.85. The van der Waals surface area contributed by atoms with Crippen molar-refractivity contribution in [3.8, 4) is 0 Å². The van der Waals surface area contributed by atoms with Crippen LogP contribution >= 0.6 is 0 Å². The maximum absolute atomic E-state index is 11.9. The van der Waals surface area contributed by atoms with Crippen molar-refractivity contribution in [3.05, 3.63) is 35.9 Å². The highest BCUT2D eigenvalue weighted by molar-refractivity contribution is 5.68. The van der Waals surface area contributed by atoms with Crippen LogP contribution in [0.2, 0.25) is 0 Å². The van der Waals surface area contributed by atoms with Crippen LogP contribution in [0.1, 0.15) is 85.3 Å². The van der Waals surface area contributed by atoms with E-state index < -0.39 is 11.6 Å². The molecule has 2 rings (SSSR count). The van der Waals surface area contributed by atoms with Gasteiger partial charge in [0.1, 0.15) is 5.60 Å². The minimum atomic E-state index is -0.833. The molecule has 1 aliphatic carbocycles. The quantitative estimate of drug-likeness (QED) is 0.582. The summed E-state index contributed by atoms with van der Waals surface area (Å²) in [5, 5.41) is 14.2. The predicted octanol–water partition coefficient (Wildman–Crippen LogP) is 5.29. The second-order valence-corrected chi connectivity index (χ2v) is 9.32. The van der Waals surface area contributed by atoms with E-state index in [1.165, 1.54) is 24.8 Å². The number of carbonyl (C=O) groups excluding carboxylic acids is 1. The van der Waals surface area contributed by atoms with Gasteiger partial charge in [0, 0.05) is 25.0 Å². The van der Waals surface area contributed by atoms with E-state index in [1.54, 1.807) is 0 Å². The normalized spacial score (nSPS) is 20.9. The number of rotatable bonds is 6. The summed E-state index contributed by atoms with van der Waals surface area (Å²) >= 11 is 0. The van der Waals surface area contributed by atoms with Gasteiger partial charge in [-0.05, 0) is 78.2 Å². The third kappa shape index (κ3) is 11.8. The number of carboxylic acids is 1. The Bertz CT molecular complexity index is 630. The third-order valence-electron chi connectivity index (χ3n) is 5.09. The first kappa shape index (κ1) is 26.0. The monoisotopic (exact) mass is 420 g/mol. The number of hydrogen-bond acceptors (Lipinski definition) is 4. The van der Waals surface area contributed by atoms with Gasteiger partial charge in [-0.1, -0.05) is 30.3 Å². The number of alkyl carbamates (subject to hydrolysis) is 1. The van der Waals surface area contributed by atoms with Crippen LogP contribution in [0, 0.1) is 5.92 Å². The predicted molar refractivity (Wildman–Crippen MR) is 120 cm³/mol. The first-order valence-corrected chi connectivity index (χ1v) is 11.0. The molecule has 0 aliphatic heterocycles. The van der Waals surface area contributed by atoms with Crippen molar-refractivity contribution < 1.29 is 19.4 Å². The number of carbonyl (C=O) groups is 2. The van der Waals surface area contributed by atoms with E-state index in [-0.39, 0.29) is 12.1 Å². The van der Waals surface area contributed by atoms with Crippen LogP contribution in [0.5, 0.6) is 0 Å². The van der Waals surface area contributed by atoms with Crippen LogP contribution in [0.25, 0.3) is 0 Å². The van der Waals surface area contributed by atoms with Crippen molar-refractivity contribution in [1.29, 1.82) is 0 Å². The van der Waals surface area contributed by atoms with Gasteiger partial charge in [0.2, 0.25) is 0 Å². The van der Waals surface area contributed by atoms with E-state index in [9.17, 15) is 4.79 Å². The lowest BCUT2D eigenvalue weighted by Gasteiger charge is -2.32. The van der Waals surface area contributed by atoms with Gasteiger partial charge in [-0.25, -0.2) is 4.79 Å². The molecule has 1 fully saturated rings. The average molecular weight is 421 g/mol. The van der Waals surface area contributed by atoms with Crippen LogP contribution in [-0.2, 0) is 9.53 Å². The Morgan fingerprint density at radius 3 is 2.13 bits per heavy atom. The van der Waals surface area contributed by atoms with Crippen LogP contribution in [0.15, 0.2) is 30.3 Å². The number of aliphatic carboxylic acids is 1. The fraction of sp³-hybridized carbons (Fsp3) is 0.667. The Hall–Kier alpha value is -2.08. The average Bonchev–Trinajstić information content (AvgIpc) is 2.62. The summed E-state index contributed by atoms with van der Waals surface area (Å²) in [6.45, 7) is 11.3. The summed E-state index contributed by atoms with van der Waals surface area (Å²) < 4.78 is 5.36. The summed E-state index contributed by atoms with van der Waals surface area (Å²) in [6.07, 6.45) is 5.34. The highest BCUT2D eigenvalue weighted by atomic mass is 16.6. The number of benzene rings is 1. The number of hydrogen-bond donors (Lipinski definition) is 3. The van der Waals surface area contributed by atoms with Crippen LogP contribution in [0.4, 0.5) is 4.79 Å². The lowest BCUT2D eigenvalue weighted by molar-refractivity contribution is -0.134. The maximum Gasteiger partial charge on any atom is 0.407 e. The summed E-state index contributed by atoms with van der Waals surface area (Å²) in [4.78, 5) is 20.9. The van der Waals surface area contributed by atoms with Gasteiger partial charge < -0.3 is 20.5 Å². The summed E-state index contributed by atoms with van der Waals surface area (Å²) in [6, 6.07) is 11.7. The van der Waals surface area contributed by atoms with Gasteiger partial charge in [-0.15, -0.1) is 0 Å². The second-order valence-electron chi connectivity index (χ2n) is 9.32. The highest BCUT2D eigenvalue weighted by Gasteiger charge is 2.25. The van der Waals surface area contributed by atoms with E-state index in [1.807, 2.05) is 20.8 Å².